The van der Waals surface area contributed by atoms with E-state index >= 15 is 0 Å². The molecule has 0 saturated heterocycles. The molecular formula is C15H17FN2O2S. The van der Waals surface area contributed by atoms with Crippen molar-refractivity contribution in [1.29, 1.82) is 0 Å². The first-order valence-electron chi connectivity index (χ1n) is 6.61. The van der Waals surface area contributed by atoms with Gasteiger partial charge in [-0.2, -0.15) is 0 Å². The molecule has 2 N–H and O–H groups in total. The molecule has 0 radical (unpaired) electrons. The number of rotatable bonds is 6. The van der Waals surface area contributed by atoms with Crippen molar-refractivity contribution in [2.24, 2.45) is 0 Å². The number of sulfonamides is 1. The number of hydrogen-bond donors (Lipinski definition) is 2. The van der Waals surface area contributed by atoms with Crippen molar-refractivity contribution in [2.45, 2.75) is 13.3 Å². The first-order chi connectivity index (χ1) is 9.98. The van der Waals surface area contributed by atoms with Crippen LogP contribution in [0.15, 0.2) is 48.5 Å². The van der Waals surface area contributed by atoms with Crippen molar-refractivity contribution < 1.29 is 12.8 Å². The highest BCUT2D eigenvalue weighted by atomic mass is 32.2. The third-order valence-corrected chi connectivity index (χ3v) is 4.24. The van der Waals surface area contributed by atoms with Crippen molar-refractivity contribution in [3.05, 3.63) is 54.3 Å². The molecule has 6 heteroatoms. The summed E-state index contributed by atoms with van der Waals surface area (Å²) in [5, 5.41) is 3.04. The zero-order chi connectivity index (χ0) is 15.3. The summed E-state index contributed by atoms with van der Waals surface area (Å²) in [6.45, 7) is 1.81. The summed E-state index contributed by atoms with van der Waals surface area (Å²) in [4.78, 5) is 0. The van der Waals surface area contributed by atoms with E-state index in [1.165, 1.54) is 12.1 Å². The first-order valence-corrected chi connectivity index (χ1v) is 8.27. The quantitative estimate of drug-likeness (QED) is 0.855. The molecule has 0 bridgehead atoms. The van der Waals surface area contributed by atoms with Crippen LogP contribution in [0.2, 0.25) is 0 Å². The molecule has 4 nitrogen and oxygen atoms in total. The molecule has 2 aromatic rings. The molecule has 0 heterocycles. The monoisotopic (exact) mass is 308 g/mol. The minimum Gasteiger partial charge on any atom is -0.355 e. The molecule has 0 atom stereocenters. The van der Waals surface area contributed by atoms with Gasteiger partial charge in [-0.05, 0) is 48.9 Å². The summed E-state index contributed by atoms with van der Waals surface area (Å²) in [6, 6.07) is 12.9. The predicted molar refractivity (Wildman–Crippen MR) is 83.8 cm³/mol. The van der Waals surface area contributed by atoms with Crippen LogP contribution in [-0.2, 0) is 10.0 Å². The van der Waals surface area contributed by atoms with Crippen molar-refractivity contribution in [1.82, 2.24) is 0 Å². The van der Waals surface area contributed by atoms with Crippen molar-refractivity contribution in [3.63, 3.8) is 0 Å². The minimum atomic E-state index is -3.28. The Labute approximate surface area is 124 Å². The Balaban J connectivity index is 2.05. The fourth-order valence-electron chi connectivity index (χ4n) is 1.85. The molecule has 0 spiro atoms. The summed E-state index contributed by atoms with van der Waals surface area (Å²) >= 11 is 0. The molecule has 0 fully saturated rings. The van der Waals surface area contributed by atoms with Gasteiger partial charge >= 0.3 is 0 Å². The molecule has 0 unspecified atom stereocenters. The first kappa shape index (κ1) is 15.3. The molecule has 0 aliphatic rings. The standard InChI is InChI=1S/C15H17FN2O2S/c1-2-10-21(19,20)18-14-8-6-13(7-9-14)17-15-5-3-4-12(16)11-15/h3-9,11,17-18H,2,10H2,1H3. The molecule has 0 aliphatic carbocycles. The van der Waals surface area contributed by atoms with E-state index in [-0.39, 0.29) is 11.6 Å². The SMILES string of the molecule is CCCS(=O)(=O)Nc1ccc(Nc2cccc(F)c2)cc1. The highest BCUT2D eigenvalue weighted by molar-refractivity contribution is 7.92. The number of halogens is 1. The Hall–Kier alpha value is -2.08. The highest BCUT2D eigenvalue weighted by Crippen LogP contribution is 2.20. The van der Waals surface area contributed by atoms with Crippen LogP contribution in [0, 0.1) is 5.82 Å². The summed E-state index contributed by atoms with van der Waals surface area (Å²) in [6.07, 6.45) is 0.564. The maximum Gasteiger partial charge on any atom is 0.232 e. The number of anilines is 3. The van der Waals surface area contributed by atoms with Gasteiger partial charge in [0.1, 0.15) is 5.82 Å². The number of hydrogen-bond acceptors (Lipinski definition) is 3. The Morgan fingerprint density at radius 2 is 1.67 bits per heavy atom. The lowest BCUT2D eigenvalue weighted by molar-refractivity contribution is 0.600. The molecule has 112 valence electrons. The van der Waals surface area contributed by atoms with Gasteiger partial charge in [0, 0.05) is 17.1 Å². The van der Waals surface area contributed by atoms with Gasteiger partial charge in [-0.15, -0.1) is 0 Å². The van der Waals surface area contributed by atoms with Gasteiger partial charge in [0.05, 0.1) is 5.75 Å². The van der Waals surface area contributed by atoms with Gasteiger partial charge < -0.3 is 5.32 Å². The van der Waals surface area contributed by atoms with Crippen LogP contribution in [0.1, 0.15) is 13.3 Å². The minimum absolute atomic E-state index is 0.0935. The van der Waals surface area contributed by atoms with Crippen molar-refractivity contribution in [3.8, 4) is 0 Å². The van der Waals surface area contributed by atoms with E-state index in [1.807, 2.05) is 6.92 Å². The maximum atomic E-state index is 13.1. The van der Waals surface area contributed by atoms with Crippen LogP contribution in [0.3, 0.4) is 0 Å². The van der Waals surface area contributed by atoms with E-state index in [1.54, 1.807) is 36.4 Å². The fourth-order valence-corrected chi connectivity index (χ4v) is 2.99. The van der Waals surface area contributed by atoms with Crippen molar-refractivity contribution in [2.75, 3.05) is 15.8 Å². The lowest BCUT2D eigenvalue weighted by Gasteiger charge is -2.09. The molecule has 21 heavy (non-hydrogen) atoms. The second-order valence-electron chi connectivity index (χ2n) is 4.63. The largest absolute Gasteiger partial charge is 0.355 e. The average molecular weight is 308 g/mol. The fraction of sp³-hybridized carbons (Fsp3) is 0.200. The van der Waals surface area contributed by atoms with Gasteiger partial charge in [-0.3, -0.25) is 4.72 Å². The number of benzene rings is 2. The molecule has 2 aromatic carbocycles. The molecular weight excluding hydrogens is 291 g/mol. The average Bonchev–Trinajstić information content (AvgIpc) is 2.40. The Bertz CT molecular complexity index is 700. The van der Waals surface area contributed by atoms with Gasteiger partial charge in [-0.25, -0.2) is 12.8 Å². The molecule has 2 rings (SSSR count). The smallest absolute Gasteiger partial charge is 0.232 e. The van der Waals surface area contributed by atoms with Crippen LogP contribution < -0.4 is 10.0 Å². The van der Waals surface area contributed by atoms with Crippen molar-refractivity contribution >= 4 is 27.1 Å². The highest BCUT2D eigenvalue weighted by Gasteiger charge is 2.08. The van der Waals surface area contributed by atoms with E-state index in [0.717, 1.165) is 5.69 Å². The van der Waals surface area contributed by atoms with E-state index in [4.69, 9.17) is 0 Å². The van der Waals surface area contributed by atoms with Gasteiger partial charge in [0.15, 0.2) is 0 Å². The molecule has 0 aliphatic heterocycles. The Morgan fingerprint density at radius 1 is 1.00 bits per heavy atom. The van der Waals surface area contributed by atoms with Crippen LogP contribution in [0.25, 0.3) is 0 Å². The zero-order valence-corrected chi connectivity index (χ0v) is 12.5. The van der Waals surface area contributed by atoms with E-state index in [2.05, 4.69) is 10.0 Å². The summed E-state index contributed by atoms with van der Waals surface area (Å²) in [5.41, 5.74) is 1.89. The normalized spacial score (nSPS) is 11.1. The summed E-state index contributed by atoms with van der Waals surface area (Å²) < 4.78 is 38.9. The predicted octanol–water partition coefficient (Wildman–Crippen LogP) is 3.72. The third-order valence-electron chi connectivity index (χ3n) is 2.74. The third kappa shape index (κ3) is 4.75. The second kappa shape index (κ2) is 6.58. The van der Waals surface area contributed by atoms with Gasteiger partial charge in [0.25, 0.3) is 0 Å². The van der Waals surface area contributed by atoms with Crippen LogP contribution in [-0.4, -0.2) is 14.2 Å². The summed E-state index contributed by atoms with van der Waals surface area (Å²) in [7, 11) is -3.28. The van der Waals surface area contributed by atoms with Gasteiger partial charge in [0.2, 0.25) is 10.0 Å². The molecule has 0 saturated carbocycles. The van der Waals surface area contributed by atoms with Crippen LogP contribution >= 0.6 is 0 Å². The molecule has 0 amide bonds. The van der Waals surface area contributed by atoms with Crippen LogP contribution in [0.5, 0.6) is 0 Å². The van der Waals surface area contributed by atoms with E-state index in [0.29, 0.717) is 17.8 Å². The Morgan fingerprint density at radius 3 is 2.29 bits per heavy atom. The molecule has 0 aromatic heterocycles. The lowest BCUT2D eigenvalue weighted by atomic mass is 10.2. The topological polar surface area (TPSA) is 58.2 Å². The summed E-state index contributed by atoms with van der Waals surface area (Å²) in [5.74, 6) is -0.222. The van der Waals surface area contributed by atoms with E-state index < -0.39 is 10.0 Å². The second-order valence-corrected chi connectivity index (χ2v) is 6.48. The van der Waals surface area contributed by atoms with Gasteiger partial charge in [-0.1, -0.05) is 13.0 Å². The Kier molecular flexibility index (Phi) is 4.80. The number of nitrogens with one attached hydrogen (secondary N) is 2. The van der Waals surface area contributed by atoms with Crippen LogP contribution in [0.4, 0.5) is 21.5 Å². The lowest BCUT2D eigenvalue weighted by Crippen LogP contribution is -2.15. The van der Waals surface area contributed by atoms with E-state index in [9.17, 15) is 12.8 Å². The zero-order valence-electron chi connectivity index (χ0n) is 11.6. The maximum absolute atomic E-state index is 13.1.